The molecular weight excluding hydrogens is 146 g/mol. The van der Waals surface area contributed by atoms with Crippen molar-refractivity contribution in [1.29, 1.82) is 0 Å². The standard InChI is InChI=1S/C7H4NO3/c1-2-4-6(5-3-1)7-8-10-11-9-7/h2-5H. The van der Waals surface area contributed by atoms with Crippen LogP contribution in [0.4, 0.5) is 0 Å². The second-order valence-electron chi connectivity index (χ2n) is 1.91. The Balaban J connectivity index is 2.29. The molecule has 0 saturated carbocycles. The number of rotatable bonds is 1. The summed E-state index contributed by atoms with van der Waals surface area (Å²) in [5, 5.41) is 7.56. The predicted molar refractivity (Wildman–Crippen MR) is 35.1 cm³/mol. The third-order valence-electron chi connectivity index (χ3n) is 1.23. The van der Waals surface area contributed by atoms with Gasteiger partial charge in [-0.1, -0.05) is 12.1 Å². The minimum Gasteiger partial charge on any atom is -0.273 e. The lowest BCUT2D eigenvalue weighted by Gasteiger charge is -1.92. The summed E-state index contributed by atoms with van der Waals surface area (Å²) in [5.41, 5.74) is 0.793. The van der Waals surface area contributed by atoms with Crippen molar-refractivity contribution in [3.05, 3.63) is 35.9 Å². The van der Waals surface area contributed by atoms with Crippen LogP contribution in [-0.2, 0) is 14.9 Å². The largest absolute Gasteiger partial charge is 0.306 e. The molecular formula is C7H4NO3. The van der Waals surface area contributed by atoms with Crippen molar-refractivity contribution >= 4 is 5.90 Å². The SMILES string of the molecule is [c]1ccc(C2=NOOO2)cc1. The van der Waals surface area contributed by atoms with Gasteiger partial charge in [-0.3, -0.25) is 4.89 Å². The molecule has 55 valence electrons. The highest BCUT2D eigenvalue weighted by Gasteiger charge is 2.12. The predicted octanol–water partition coefficient (Wildman–Crippen LogP) is 1.04. The first-order chi connectivity index (χ1) is 5.47. The van der Waals surface area contributed by atoms with Crippen LogP contribution in [-0.4, -0.2) is 5.90 Å². The maximum atomic E-state index is 4.55. The van der Waals surface area contributed by atoms with Crippen molar-refractivity contribution in [2.45, 2.75) is 0 Å². The molecule has 0 spiro atoms. The van der Waals surface area contributed by atoms with E-state index in [2.05, 4.69) is 26.1 Å². The number of benzene rings is 1. The molecule has 4 heteroatoms. The number of nitrogens with zero attached hydrogens (tertiary/aromatic N) is 1. The summed E-state index contributed by atoms with van der Waals surface area (Å²) in [6.45, 7) is 0. The van der Waals surface area contributed by atoms with Gasteiger partial charge < -0.3 is 0 Å². The van der Waals surface area contributed by atoms with E-state index in [-0.39, 0.29) is 0 Å². The molecule has 2 rings (SSSR count). The van der Waals surface area contributed by atoms with Crippen LogP contribution in [0.2, 0.25) is 0 Å². The Morgan fingerprint density at radius 2 is 2.09 bits per heavy atom. The van der Waals surface area contributed by atoms with Gasteiger partial charge in [0.25, 0.3) is 0 Å². The van der Waals surface area contributed by atoms with E-state index in [1.54, 1.807) is 24.3 Å². The van der Waals surface area contributed by atoms with Crippen molar-refractivity contribution in [2.75, 3.05) is 0 Å². The third kappa shape index (κ3) is 1.15. The van der Waals surface area contributed by atoms with E-state index >= 15 is 0 Å². The summed E-state index contributed by atoms with van der Waals surface area (Å²) in [6.07, 6.45) is 0. The Hall–Kier alpha value is -1.55. The van der Waals surface area contributed by atoms with Gasteiger partial charge >= 0.3 is 5.90 Å². The molecule has 0 unspecified atom stereocenters. The average molecular weight is 150 g/mol. The van der Waals surface area contributed by atoms with Gasteiger partial charge in [0.15, 0.2) is 0 Å². The molecule has 11 heavy (non-hydrogen) atoms. The van der Waals surface area contributed by atoms with E-state index in [0.717, 1.165) is 5.56 Å². The summed E-state index contributed by atoms with van der Waals surface area (Å²) in [6, 6.07) is 9.94. The zero-order chi connectivity index (χ0) is 7.52. The lowest BCUT2D eigenvalue weighted by molar-refractivity contribution is -0.451. The van der Waals surface area contributed by atoms with Crippen LogP contribution in [0.1, 0.15) is 5.56 Å². The quantitative estimate of drug-likeness (QED) is 0.561. The van der Waals surface area contributed by atoms with E-state index in [1.165, 1.54) is 0 Å². The molecule has 1 aliphatic heterocycles. The van der Waals surface area contributed by atoms with Gasteiger partial charge in [0.05, 0.1) is 5.04 Å². The van der Waals surface area contributed by atoms with Gasteiger partial charge in [-0.05, 0) is 18.2 Å². The molecule has 0 aromatic heterocycles. The topological polar surface area (TPSA) is 40.0 Å². The smallest absolute Gasteiger partial charge is 0.273 e. The minimum atomic E-state index is 0.319. The van der Waals surface area contributed by atoms with Crippen molar-refractivity contribution in [3.63, 3.8) is 0 Å². The van der Waals surface area contributed by atoms with Crippen molar-refractivity contribution in [1.82, 2.24) is 0 Å². The summed E-state index contributed by atoms with van der Waals surface area (Å²) >= 11 is 0. The minimum absolute atomic E-state index is 0.319. The van der Waals surface area contributed by atoms with Crippen LogP contribution in [0.25, 0.3) is 0 Å². The Morgan fingerprint density at radius 1 is 1.27 bits per heavy atom. The zero-order valence-electron chi connectivity index (χ0n) is 5.48. The Kier molecular flexibility index (Phi) is 1.46. The molecule has 1 radical (unpaired) electrons. The van der Waals surface area contributed by atoms with Gasteiger partial charge in [0.1, 0.15) is 0 Å². The Bertz CT molecular complexity index is 270. The molecule has 0 bridgehead atoms. The lowest BCUT2D eigenvalue weighted by atomic mass is 10.2. The first-order valence-electron chi connectivity index (χ1n) is 3.02. The summed E-state index contributed by atoms with van der Waals surface area (Å²) in [4.78, 5) is 8.72. The van der Waals surface area contributed by atoms with Gasteiger partial charge in [-0.2, -0.15) is 4.99 Å². The van der Waals surface area contributed by atoms with Gasteiger partial charge in [0, 0.05) is 10.7 Å². The summed E-state index contributed by atoms with van der Waals surface area (Å²) in [7, 11) is 0. The first-order valence-corrected chi connectivity index (χ1v) is 3.02. The summed E-state index contributed by atoms with van der Waals surface area (Å²) in [5.74, 6) is 0.319. The van der Waals surface area contributed by atoms with E-state index in [0.29, 0.717) is 5.90 Å². The molecule has 1 heterocycles. The molecule has 1 aromatic rings. The number of oxime groups is 1. The monoisotopic (exact) mass is 150 g/mol. The maximum Gasteiger partial charge on any atom is 0.306 e. The number of hydrogen-bond acceptors (Lipinski definition) is 4. The van der Waals surface area contributed by atoms with Gasteiger partial charge in [0.2, 0.25) is 0 Å². The zero-order valence-corrected chi connectivity index (χ0v) is 5.48. The highest BCUT2D eigenvalue weighted by Crippen LogP contribution is 2.07. The van der Waals surface area contributed by atoms with Crippen molar-refractivity contribution < 1.29 is 14.9 Å². The Morgan fingerprint density at radius 3 is 2.73 bits per heavy atom. The second-order valence-corrected chi connectivity index (χ2v) is 1.91. The molecule has 0 saturated heterocycles. The fourth-order valence-electron chi connectivity index (χ4n) is 0.742. The maximum absolute atomic E-state index is 4.55. The highest BCUT2D eigenvalue weighted by atomic mass is 17.6. The van der Waals surface area contributed by atoms with Crippen LogP contribution in [0.15, 0.2) is 29.4 Å². The molecule has 0 amide bonds. The molecule has 0 atom stereocenters. The van der Waals surface area contributed by atoms with Crippen LogP contribution in [0.5, 0.6) is 0 Å². The fourth-order valence-corrected chi connectivity index (χ4v) is 0.742. The van der Waals surface area contributed by atoms with Crippen LogP contribution >= 0.6 is 0 Å². The van der Waals surface area contributed by atoms with E-state index in [9.17, 15) is 0 Å². The number of hydrogen-bond donors (Lipinski definition) is 0. The summed E-state index contributed by atoms with van der Waals surface area (Å²) < 4.78 is 0. The third-order valence-corrected chi connectivity index (χ3v) is 1.23. The first kappa shape index (κ1) is 6.18. The van der Waals surface area contributed by atoms with E-state index in [4.69, 9.17) is 0 Å². The van der Waals surface area contributed by atoms with Crippen molar-refractivity contribution in [2.24, 2.45) is 5.16 Å². The molecule has 0 N–H and O–H groups in total. The molecule has 4 nitrogen and oxygen atoms in total. The van der Waals surface area contributed by atoms with Crippen molar-refractivity contribution in [3.8, 4) is 0 Å². The average Bonchev–Trinajstić information content (AvgIpc) is 2.58. The molecule has 0 fully saturated rings. The van der Waals surface area contributed by atoms with Gasteiger partial charge in [-0.15, -0.1) is 0 Å². The molecule has 0 aliphatic carbocycles. The highest BCUT2D eigenvalue weighted by molar-refractivity contribution is 5.93. The van der Waals surface area contributed by atoms with Crippen LogP contribution < -0.4 is 0 Å². The normalized spacial score (nSPS) is 15.1. The fraction of sp³-hybridized carbons (Fsp3) is 0. The van der Waals surface area contributed by atoms with Gasteiger partial charge in [-0.25, -0.2) is 0 Å². The van der Waals surface area contributed by atoms with E-state index in [1.807, 2.05) is 0 Å². The molecule has 1 aliphatic rings. The van der Waals surface area contributed by atoms with Crippen LogP contribution in [0.3, 0.4) is 0 Å². The van der Waals surface area contributed by atoms with Crippen LogP contribution in [0, 0.1) is 6.07 Å². The van der Waals surface area contributed by atoms with E-state index < -0.39 is 0 Å². The lowest BCUT2D eigenvalue weighted by Crippen LogP contribution is -1.98. The second kappa shape index (κ2) is 2.59. The Labute approximate surface area is 62.8 Å². The molecule has 1 aromatic carbocycles.